The second-order valence-corrected chi connectivity index (χ2v) is 6.98. The van der Waals surface area contributed by atoms with Crippen molar-refractivity contribution >= 4 is 11.8 Å². The Morgan fingerprint density at radius 2 is 1.86 bits per heavy atom. The first-order chi connectivity index (χ1) is 10.3. The van der Waals surface area contributed by atoms with Crippen LogP contribution < -0.4 is 10.6 Å². The van der Waals surface area contributed by atoms with E-state index in [1.165, 1.54) is 0 Å². The highest BCUT2D eigenvalue weighted by Crippen LogP contribution is 2.23. The maximum absolute atomic E-state index is 11.8. The highest BCUT2D eigenvalue weighted by atomic mass is 16.6. The Labute approximate surface area is 132 Å². The largest absolute Gasteiger partial charge is 0.444 e. The number of alkyl carbamates (subject to hydrolysis) is 1. The van der Waals surface area contributed by atoms with Crippen molar-refractivity contribution in [2.45, 2.75) is 71.1 Å². The minimum Gasteiger partial charge on any atom is -0.444 e. The average Bonchev–Trinajstić information content (AvgIpc) is 2.41. The van der Waals surface area contributed by atoms with Gasteiger partial charge in [0, 0.05) is 18.3 Å². The molecule has 1 aromatic rings. The van der Waals surface area contributed by atoms with E-state index in [-0.39, 0.29) is 12.1 Å². The lowest BCUT2D eigenvalue weighted by molar-refractivity contribution is 0.0492. The second kappa shape index (κ2) is 6.99. The number of rotatable bonds is 3. The van der Waals surface area contributed by atoms with E-state index < -0.39 is 5.60 Å². The quantitative estimate of drug-likeness (QED) is 0.895. The van der Waals surface area contributed by atoms with E-state index in [0.717, 1.165) is 37.1 Å². The smallest absolute Gasteiger partial charge is 0.407 e. The molecule has 0 atom stereocenters. The highest BCUT2D eigenvalue weighted by Gasteiger charge is 2.24. The molecule has 2 rings (SSSR count). The number of aromatic nitrogens is 1. The Bertz CT molecular complexity index is 503. The topological polar surface area (TPSA) is 63.2 Å². The normalized spacial score (nSPS) is 22.0. The number of aryl methyl sites for hydroxylation is 1. The summed E-state index contributed by atoms with van der Waals surface area (Å²) in [6, 6.07) is 4.67. The molecule has 2 N–H and O–H groups in total. The zero-order valence-corrected chi connectivity index (χ0v) is 14.0. The number of carbonyl (C=O) groups excluding carboxylic acids is 1. The van der Waals surface area contributed by atoms with E-state index in [1.54, 1.807) is 0 Å². The van der Waals surface area contributed by atoms with Crippen molar-refractivity contribution in [1.82, 2.24) is 10.3 Å². The number of pyridine rings is 1. The zero-order valence-electron chi connectivity index (χ0n) is 14.0. The minimum absolute atomic E-state index is 0.211. The predicted octanol–water partition coefficient (Wildman–Crippen LogP) is 3.64. The number of amides is 1. The van der Waals surface area contributed by atoms with Gasteiger partial charge < -0.3 is 15.4 Å². The van der Waals surface area contributed by atoms with Crippen molar-refractivity contribution in [2.24, 2.45) is 0 Å². The maximum Gasteiger partial charge on any atom is 0.407 e. The first-order valence-corrected chi connectivity index (χ1v) is 8.01. The summed E-state index contributed by atoms with van der Waals surface area (Å²) >= 11 is 0. The third-order valence-electron chi connectivity index (χ3n) is 3.81. The molecule has 0 unspecified atom stereocenters. The van der Waals surface area contributed by atoms with Crippen LogP contribution in [-0.4, -0.2) is 28.8 Å². The Balaban J connectivity index is 1.76. The fourth-order valence-corrected chi connectivity index (χ4v) is 2.71. The van der Waals surface area contributed by atoms with E-state index in [9.17, 15) is 4.79 Å². The first kappa shape index (κ1) is 16.6. The van der Waals surface area contributed by atoms with Crippen LogP contribution in [0.2, 0.25) is 0 Å². The molecule has 1 aliphatic carbocycles. The van der Waals surface area contributed by atoms with Gasteiger partial charge in [-0.2, -0.15) is 0 Å². The van der Waals surface area contributed by atoms with Gasteiger partial charge in [-0.15, -0.1) is 0 Å². The van der Waals surface area contributed by atoms with Crippen LogP contribution in [0.25, 0.3) is 0 Å². The van der Waals surface area contributed by atoms with Crippen molar-refractivity contribution in [3.05, 3.63) is 24.0 Å². The van der Waals surface area contributed by atoms with Crippen LogP contribution in [0.5, 0.6) is 0 Å². The van der Waals surface area contributed by atoms with Crippen molar-refractivity contribution in [3.8, 4) is 0 Å². The van der Waals surface area contributed by atoms with Gasteiger partial charge in [-0.1, -0.05) is 0 Å². The third-order valence-corrected chi connectivity index (χ3v) is 3.81. The summed E-state index contributed by atoms with van der Waals surface area (Å²) in [4.78, 5) is 16.1. The van der Waals surface area contributed by atoms with E-state index in [4.69, 9.17) is 4.74 Å². The van der Waals surface area contributed by atoms with Crippen LogP contribution >= 0.6 is 0 Å². The summed E-state index contributed by atoms with van der Waals surface area (Å²) < 4.78 is 5.30. The van der Waals surface area contributed by atoms with Crippen LogP contribution in [0.1, 0.15) is 52.1 Å². The molecule has 0 spiro atoms. The number of nitrogens with zero attached hydrogens (tertiary/aromatic N) is 1. The summed E-state index contributed by atoms with van der Waals surface area (Å²) in [5, 5.41) is 6.52. The Kier molecular flexibility index (Phi) is 5.27. The summed E-state index contributed by atoms with van der Waals surface area (Å²) in [5.41, 5.74) is 1.68. The molecule has 0 saturated heterocycles. The lowest BCUT2D eigenvalue weighted by Gasteiger charge is -2.31. The fraction of sp³-hybridized carbons (Fsp3) is 0.647. The summed E-state index contributed by atoms with van der Waals surface area (Å²) in [6.45, 7) is 7.65. The summed E-state index contributed by atoms with van der Waals surface area (Å²) in [5.74, 6) is 0. The standard InChI is InChI=1S/C17H27N3O2/c1-12-15(6-5-11-18-12)19-13-7-9-14(10-8-13)20-16(21)22-17(2,3)4/h5-6,11,13-14,19H,7-10H2,1-4H3,(H,20,21). The maximum atomic E-state index is 11.8. The van der Waals surface area contributed by atoms with Gasteiger partial charge in [0.1, 0.15) is 5.60 Å². The molecule has 1 heterocycles. The molecule has 22 heavy (non-hydrogen) atoms. The number of anilines is 1. The predicted molar refractivity (Wildman–Crippen MR) is 88.0 cm³/mol. The third kappa shape index (κ3) is 5.20. The van der Waals surface area contributed by atoms with Crippen LogP contribution in [0.4, 0.5) is 10.5 Å². The van der Waals surface area contributed by atoms with E-state index >= 15 is 0 Å². The van der Waals surface area contributed by atoms with Gasteiger partial charge in [-0.05, 0) is 65.5 Å². The molecule has 0 aromatic carbocycles. The molecule has 1 aliphatic rings. The molecule has 1 aromatic heterocycles. The fourth-order valence-electron chi connectivity index (χ4n) is 2.71. The molecular weight excluding hydrogens is 278 g/mol. The molecule has 122 valence electrons. The van der Waals surface area contributed by atoms with Crippen molar-refractivity contribution < 1.29 is 9.53 Å². The molecule has 1 fully saturated rings. The number of carbonyl (C=O) groups is 1. The molecular formula is C17H27N3O2. The van der Waals surface area contributed by atoms with Gasteiger partial charge in [0.2, 0.25) is 0 Å². The summed E-state index contributed by atoms with van der Waals surface area (Å²) in [6.07, 6.45) is 5.50. The van der Waals surface area contributed by atoms with Crippen molar-refractivity contribution in [3.63, 3.8) is 0 Å². The van der Waals surface area contributed by atoms with E-state index in [0.29, 0.717) is 6.04 Å². The number of ether oxygens (including phenoxy) is 1. The summed E-state index contributed by atoms with van der Waals surface area (Å²) in [7, 11) is 0. The lowest BCUT2D eigenvalue weighted by atomic mass is 9.91. The minimum atomic E-state index is -0.444. The van der Waals surface area contributed by atoms with Gasteiger partial charge >= 0.3 is 6.09 Å². The van der Waals surface area contributed by atoms with Crippen LogP contribution in [0, 0.1) is 6.92 Å². The molecule has 5 nitrogen and oxygen atoms in total. The lowest BCUT2D eigenvalue weighted by Crippen LogP contribution is -2.42. The molecule has 0 aliphatic heterocycles. The Morgan fingerprint density at radius 1 is 1.23 bits per heavy atom. The van der Waals surface area contributed by atoms with Gasteiger partial charge in [-0.25, -0.2) is 4.79 Å². The van der Waals surface area contributed by atoms with Crippen LogP contribution in [0.3, 0.4) is 0 Å². The molecule has 0 bridgehead atoms. The van der Waals surface area contributed by atoms with Crippen molar-refractivity contribution in [1.29, 1.82) is 0 Å². The number of nitrogens with one attached hydrogen (secondary N) is 2. The van der Waals surface area contributed by atoms with Gasteiger partial charge in [0.05, 0.1) is 11.4 Å². The first-order valence-electron chi connectivity index (χ1n) is 8.01. The van der Waals surface area contributed by atoms with E-state index in [2.05, 4.69) is 21.7 Å². The Hall–Kier alpha value is -1.78. The van der Waals surface area contributed by atoms with Crippen LogP contribution in [0.15, 0.2) is 18.3 Å². The molecule has 1 amide bonds. The average molecular weight is 305 g/mol. The molecule has 5 heteroatoms. The second-order valence-electron chi connectivity index (χ2n) is 6.98. The van der Waals surface area contributed by atoms with E-state index in [1.807, 2.05) is 40.0 Å². The van der Waals surface area contributed by atoms with Crippen molar-refractivity contribution in [2.75, 3.05) is 5.32 Å². The van der Waals surface area contributed by atoms with Crippen LogP contribution in [-0.2, 0) is 4.74 Å². The molecule has 1 saturated carbocycles. The van der Waals surface area contributed by atoms with Gasteiger partial charge in [0.25, 0.3) is 0 Å². The number of hydrogen-bond donors (Lipinski definition) is 2. The monoisotopic (exact) mass is 305 g/mol. The Morgan fingerprint density at radius 3 is 2.45 bits per heavy atom. The van der Waals surface area contributed by atoms with Gasteiger partial charge in [-0.3, -0.25) is 4.98 Å². The number of hydrogen-bond acceptors (Lipinski definition) is 4. The highest BCUT2D eigenvalue weighted by molar-refractivity contribution is 5.68. The SMILES string of the molecule is Cc1ncccc1NC1CCC(NC(=O)OC(C)(C)C)CC1. The van der Waals surface area contributed by atoms with Gasteiger partial charge in [0.15, 0.2) is 0 Å². The molecule has 0 radical (unpaired) electrons. The zero-order chi connectivity index (χ0) is 16.2.